The minimum atomic E-state index is -0.281. The first-order chi connectivity index (χ1) is 9.63. The Morgan fingerprint density at radius 2 is 2.10 bits per heavy atom. The molecule has 20 heavy (non-hydrogen) atoms. The van der Waals surface area contributed by atoms with Crippen molar-refractivity contribution in [2.75, 3.05) is 25.4 Å². The van der Waals surface area contributed by atoms with Gasteiger partial charge < -0.3 is 16.0 Å². The number of nitrogens with two attached hydrogens (primary N) is 1. The number of likely N-dealkylation sites (tertiary alicyclic amines) is 1. The van der Waals surface area contributed by atoms with Crippen LogP contribution >= 0.6 is 0 Å². The zero-order chi connectivity index (χ0) is 14.5. The zero-order valence-corrected chi connectivity index (χ0v) is 11.8. The van der Waals surface area contributed by atoms with E-state index >= 15 is 0 Å². The highest BCUT2D eigenvalue weighted by Gasteiger charge is 2.19. The van der Waals surface area contributed by atoms with Crippen LogP contribution in [0.3, 0.4) is 0 Å². The van der Waals surface area contributed by atoms with Crippen LogP contribution < -0.4 is 11.1 Å². The number of aryl methyl sites for hydroxylation is 1. The molecule has 0 aromatic carbocycles. The lowest BCUT2D eigenvalue weighted by molar-refractivity contribution is -0.129. The highest BCUT2D eigenvalue weighted by atomic mass is 16.2. The van der Waals surface area contributed by atoms with Crippen LogP contribution in [-0.2, 0) is 11.3 Å². The van der Waals surface area contributed by atoms with Gasteiger partial charge in [0.15, 0.2) is 0 Å². The molecule has 2 amide bonds. The molecule has 110 valence electrons. The van der Waals surface area contributed by atoms with E-state index in [-0.39, 0.29) is 11.8 Å². The number of hydrogen-bond acceptors (Lipinski definition) is 4. The molecule has 1 fully saturated rings. The van der Waals surface area contributed by atoms with Crippen LogP contribution in [0, 0.1) is 0 Å². The molecule has 7 nitrogen and oxygen atoms in total. The van der Waals surface area contributed by atoms with E-state index in [0.717, 1.165) is 25.9 Å². The number of aromatic nitrogens is 2. The summed E-state index contributed by atoms with van der Waals surface area (Å²) in [7, 11) is 0. The molecule has 0 atom stereocenters. The second kappa shape index (κ2) is 6.40. The molecule has 0 saturated carbocycles. The molecule has 2 heterocycles. The summed E-state index contributed by atoms with van der Waals surface area (Å²) < 4.78 is 1.55. The number of carbonyl (C=O) groups is 2. The van der Waals surface area contributed by atoms with E-state index in [0.29, 0.717) is 30.9 Å². The number of nitrogens with zero attached hydrogens (tertiary/aromatic N) is 3. The Bertz CT molecular complexity index is 491. The first-order valence-corrected chi connectivity index (χ1v) is 7.00. The fourth-order valence-electron chi connectivity index (χ4n) is 2.38. The van der Waals surface area contributed by atoms with Crippen LogP contribution in [0.4, 0.5) is 5.69 Å². The van der Waals surface area contributed by atoms with Crippen LogP contribution in [0.1, 0.15) is 36.7 Å². The molecule has 0 aliphatic carbocycles. The van der Waals surface area contributed by atoms with Gasteiger partial charge in [0, 0.05) is 32.6 Å². The molecule has 1 saturated heterocycles. The Balaban J connectivity index is 1.83. The topological polar surface area (TPSA) is 93.2 Å². The Labute approximate surface area is 118 Å². The van der Waals surface area contributed by atoms with E-state index in [1.165, 1.54) is 6.20 Å². The summed E-state index contributed by atoms with van der Waals surface area (Å²) in [4.78, 5) is 25.7. The third-order valence-electron chi connectivity index (χ3n) is 3.47. The molecule has 2 rings (SSSR count). The molecule has 1 aliphatic rings. The van der Waals surface area contributed by atoms with E-state index in [2.05, 4.69) is 10.4 Å². The molecule has 0 spiro atoms. The van der Waals surface area contributed by atoms with Gasteiger partial charge in [-0.25, -0.2) is 0 Å². The van der Waals surface area contributed by atoms with Gasteiger partial charge in [0.05, 0.1) is 11.9 Å². The number of carbonyl (C=O) groups excluding carboxylic acids is 2. The summed E-state index contributed by atoms with van der Waals surface area (Å²) in [5.74, 6) is -0.184. The number of rotatable bonds is 5. The van der Waals surface area contributed by atoms with Crippen molar-refractivity contribution in [1.82, 2.24) is 20.0 Å². The fraction of sp³-hybridized carbons (Fsp3) is 0.615. The Morgan fingerprint density at radius 1 is 1.40 bits per heavy atom. The second-order valence-electron chi connectivity index (χ2n) is 4.86. The standard InChI is InChI=1S/C13H21N5O2/c1-2-18-12(10(14)9-16-18)13(20)15-6-5-11(19)17-7-3-4-8-17/h9H,2-8,14H2,1H3,(H,15,20). The second-order valence-corrected chi connectivity index (χ2v) is 4.86. The zero-order valence-electron chi connectivity index (χ0n) is 11.8. The number of hydrogen-bond donors (Lipinski definition) is 2. The minimum absolute atomic E-state index is 0.0970. The Hall–Kier alpha value is -2.05. The number of amides is 2. The monoisotopic (exact) mass is 279 g/mol. The van der Waals surface area contributed by atoms with Gasteiger partial charge in [-0.1, -0.05) is 0 Å². The van der Waals surface area contributed by atoms with Crippen molar-refractivity contribution in [2.24, 2.45) is 0 Å². The Kier molecular flexibility index (Phi) is 4.60. The van der Waals surface area contributed by atoms with Gasteiger partial charge in [0.2, 0.25) is 5.91 Å². The molecule has 0 bridgehead atoms. The predicted molar refractivity (Wildman–Crippen MR) is 75.1 cm³/mol. The first-order valence-electron chi connectivity index (χ1n) is 7.00. The third kappa shape index (κ3) is 3.09. The van der Waals surface area contributed by atoms with Gasteiger partial charge in [0.25, 0.3) is 5.91 Å². The fourth-order valence-corrected chi connectivity index (χ4v) is 2.38. The van der Waals surface area contributed by atoms with E-state index in [4.69, 9.17) is 5.73 Å². The van der Waals surface area contributed by atoms with Crippen molar-refractivity contribution in [1.29, 1.82) is 0 Å². The average molecular weight is 279 g/mol. The van der Waals surface area contributed by atoms with Gasteiger partial charge in [-0.15, -0.1) is 0 Å². The Morgan fingerprint density at radius 3 is 2.75 bits per heavy atom. The molecule has 7 heteroatoms. The lowest BCUT2D eigenvalue weighted by Crippen LogP contribution is -2.33. The molecule has 1 aliphatic heterocycles. The summed E-state index contributed by atoms with van der Waals surface area (Å²) in [5.41, 5.74) is 6.45. The third-order valence-corrected chi connectivity index (χ3v) is 3.47. The summed E-state index contributed by atoms with van der Waals surface area (Å²) in [6.07, 6.45) is 3.94. The quantitative estimate of drug-likeness (QED) is 0.806. The van der Waals surface area contributed by atoms with E-state index in [9.17, 15) is 9.59 Å². The van der Waals surface area contributed by atoms with Crippen LogP contribution in [0.15, 0.2) is 6.20 Å². The molecule has 1 aromatic rings. The number of anilines is 1. The number of nitrogens with one attached hydrogen (secondary N) is 1. The van der Waals surface area contributed by atoms with Crippen molar-refractivity contribution in [2.45, 2.75) is 32.7 Å². The largest absolute Gasteiger partial charge is 0.396 e. The highest BCUT2D eigenvalue weighted by molar-refractivity contribution is 5.97. The summed E-state index contributed by atoms with van der Waals surface area (Å²) in [5, 5.41) is 6.74. The van der Waals surface area contributed by atoms with Crippen LogP contribution in [0.25, 0.3) is 0 Å². The average Bonchev–Trinajstić information content (AvgIpc) is 3.07. The maximum Gasteiger partial charge on any atom is 0.271 e. The SMILES string of the molecule is CCn1ncc(N)c1C(=O)NCCC(=O)N1CCCC1. The van der Waals surface area contributed by atoms with E-state index < -0.39 is 0 Å². The van der Waals surface area contributed by atoms with Crippen LogP contribution in [0.2, 0.25) is 0 Å². The predicted octanol–water partition coefficient (Wildman–Crippen LogP) is 0.228. The van der Waals surface area contributed by atoms with Gasteiger partial charge >= 0.3 is 0 Å². The minimum Gasteiger partial charge on any atom is -0.396 e. The lowest BCUT2D eigenvalue weighted by atomic mass is 10.3. The summed E-state index contributed by atoms with van der Waals surface area (Å²) in [6, 6.07) is 0. The highest BCUT2D eigenvalue weighted by Crippen LogP contribution is 2.11. The summed E-state index contributed by atoms with van der Waals surface area (Å²) >= 11 is 0. The molecule has 0 unspecified atom stereocenters. The maximum absolute atomic E-state index is 12.0. The molecule has 0 radical (unpaired) electrons. The molecular weight excluding hydrogens is 258 g/mol. The van der Waals surface area contributed by atoms with E-state index in [1.54, 1.807) is 4.68 Å². The summed E-state index contributed by atoms with van der Waals surface area (Å²) in [6.45, 7) is 4.46. The van der Waals surface area contributed by atoms with Crippen LogP contribution in [-0.4, -0.2) is 46.1 Å². The van der Waals surface area contributed by atoms with Crippen molar-refractivity contribution < 1.29 is 9.59 Å². The van der Waals surface area contributed by atoms with Crippen molar-refractivity contribution in [3.63, 3.8) is 0 Å². The van der Waals surface area contributed by atoms with Gasteiger partial charge in [-0.3, -0.25) is 14.3 Å². The van der Waals surface area contributed by atoms with Crippen molar-refractivity contribution in [3.05, 3.63) is 11.9 Å². The molecular formula is C13H21N5O2. The lowest BCUT2D eigenvalue weighted by Gasteiger charge is -2.15. The van der Waals surface area contributed by atoms with Gasteiger partial charge in [0.1, 0.15) is 5.69 Å². The van der Waals surface area contributed by atoms with E-state index in [1.807, 2.05) is 11.8 Å². The maximum atomic E-state index is 12.0. The smallest absolute Gasteiger partial charge is 0.271 e. The number of nitrogen functional groups attached to an aromatic ring is 1. The first kappa shape index (κ1) is 14.4. The van der Waals surface area contributed by atoms with Crippen LogP contribution in [0.5, 0.6) is 0 Å². The molecule has 3 N–H and O–H groups in total. The van der Waals surface area contributed by atoms with Crippen molar-refractivity contribution >= 4 is 17.5 Å². The normalized spacial score (nSPS) is 14.6. The van der Waals surface area contributed by atoms with Gasteiger partial charge in [-0.2, -0.15) is 5.10 Å². The molecule has 1 aromatic heterocycles. The van der Waals surface area contributed by atoms with Crippen molar-refractivity contribution in [3.8, 4) is 0 Å². The van der Waals surface area contributed by atoms with Gasteiger partial charge in [-0.05, 0) is 19.8 Å².